The Labute approximate surface area is 122 Å². The first-order valence-corrected chi connectivity index (χ1v) is 7.29. The van der Waals surface area contributed by atoms with Crippen LogP contribution in [0.15, 0.2) is 29.2 Å². The van der Waals surface area contributed by atoms with Crippen LogP contribution in [-0.4, -0.2) is 29.2 Å². The van der Waals surface area contributed by atoms with E-state index in [1.165, 1.54) is 4.90 Å². The number of carbonyl (C=O) groups excluding carboxylic acids is 2. The van der Waals surface area contributed by atoms with E-state index < -0.39 is 0 Å². The van der Waals surface area contributed by atoms with Crippen molar-refractivity contribution in [3.8, 4) is 5.75 Å². The van der Waals surface area contributed by atoms with E-state index >= 15 is 0 Å². The summed E-state index contributed by atoms with van der Waals surface area (Å²) in [6.07, 6.45) is 2.49. The lowest BCUT2D eigenvalue weighted by atomic mass is 10.2. The number of nitrogens with zero attached hydrogens (tertiary/aromatic N) is 1. The van der Waals surface area contributed by atoms with Crippen molar-refractivity contribution >= 4 is 29.0 Å². The molecule has 0 aliphatic carbocycles. The number of hydrogen-bond acceptors (Lipinski definition) is 4. The first kappa shape index (κ1) is 14.7. The molecule has 1 atom stereocenters. The van der Waals surface area contributed by atoms with Crippen LogP contribution in [-0.2, 0) is 4.79 Å². The number of rotatable bonds is 4. The SMILES string of the molecule is CC[C@@H](C)N1C(=O)S/C(=C/c2cccc(OC)c2)C1=O. The molecule has 1 saturated heterocycles. The molecule has 0 spiro atoms. The fraction of sp³-hybridized carbons (Fsp3) is 0.333. The molecule has 1 heterocycles. The molecule has 0 saturated carbocycles. The van der Waals surface area contributed by atoms with Gasteiger partial charge in [-0.15, -0.1) is 0 Å². The molecule has 5 heteroatoms. The fourth-order valence-corrected chi connectivity index (χ4v) is 2.86. The molecule has 0 N–H and O–H groups in total. The average Bonchev–Trinajstić information content (AvgIpc) is 2.73. The van der Waals surface area contributed by atoms with Crippen LogP contribution in [0.1, 0.15) is 25.8 Å². The molecule has 2 amide bonds. The van der Waals surface area contributed by atoms with Crippen LogP contribution < -0.4 is 4.74 Å². The third-order valence-electron chi connectivity index (χ3n) is 3.25. The first-order valence-electron chi connectivity index (χ1n) is 6.48. The van der Waals surface area contributed by atoms with Gasteiger partial charge in [0.25, 0.3) is 11.1 Å². The monoisotopic (exact) mass is 291 g/mol. The molecule has 106 valence electrons. The predicted octanol–water partition coefficient (Wildman–Crippen LogP) is 3.53. The van der Waals surface area contributed by atoms with Gasteiger partial charge in [0.05, 0.1) is 12.0 Å². The van der Waals surface area contributed by atoms with Crippen LogP contribution >= 0.6 is 11.8 Å². The van der Waals surface area contributed by atoms with Gasteiger partial charge in [-0.05, 0) is 48.9 Å². The number of imide groups is 1. The summed E-state index contributed by atoms with van der Waals surface area (Å²) >= 11 is 0.992. The highest BCUT2D eigenvalue weighted by Crippen LogP contribution is 2.34. The zero-order valence-electron chi connectivity index (χ0n) is 11.8. The number of benzene rings is 1. The minimum absolute atomic E-state index is 0.0706. The maximum absolute atomic E-state index is 12.3. The molecule has 2 rings (SSSR count). The molecule has 0 bridgehead atoms. The minimum Gasteiger partial charge on any atom is -0.497 e. The second-order valence-electron chi connectivity index (χ2n) is 4.59. The summed E-state index contributed by atoms with van der Waals surface area (Å²) in [6, 6.07) is 7.32. The lowest BCUT2D eigenvalue weighted by Crippen LogP contribution is -2.36. The van der Waals surface area contributed by atoms with Crippen molar-refractivity contribution in [2.75, 3.05) is 7.11 Å². The first-order chi connectivity index (χ1) is 9.56. The summed E-state index contributed by atoms with van der Waals surface area (Å²) < 4.78 is 5.15. The predicted molar refractivity (Wildman–Crippen MR) is 80.6 cm³/mol. The molecule has 0 unspecified atom stereocenters. The van der Waals surface area contributed by atoms with Crippen molar-refractivity contribution in [1.29, 1.82) is 0 Å². The quantitative estimate of drug-likeness (QED) is 0.796. The Morgan fingerprint density at radius 2 is 2.15 bits per heavy atom. The molecule has 20 heavy (non-hydrogen) atoms. The highest BCUT2D eigenvalue weighted by molar-refractivity contribution is 8.18. The van der Waals surface area contributed by atoms with Gasteiger partial charge in [0.2, 0.25) is 0 Å². The van der Waals surface area contributed by atoms with Gasteiger partial charge in [-0.2, -0.15) is 0 Å². The van der Waals surface area contributed by atoms with Crippen molar-refractivity contribution < 1.29 is 14.3 Å². The number of thioether (sulfide) groups is 1. The largest absolute Gasteiger partial charge is 0.497 e. The van der Waals surface area contributed by atoms with E-state index in [0.29, 0.717) is 4.91 Å². The summed E-state index contributed by atoms with van der Waals surface area (Å²) in [5, 5.41) is -0.196. The molecule has 1 fully saturated rings. The van der Waals surface area contributed by atoms with Crippen molar-refractivity contribution in [2.24, 2.45) is 0 Å². The molecule has 4 nitrogen and oxygen atoms in total. The van der Waals surface area contributed by atoms with Crippen LogP contribution in [0, 0.1) is 0 Å². The van der Waals surface area contributed by atoms with E-state index in [9.17, 15) is 9.59 Å². The summed E-state index contributed by atoms with van der Waals surface area (Å²) in [6.45, 7) is 3.84. The van der Waals surface area contributed by atoms with Crippen molar-refractivity contribution in [3.63, 3.8) is 0 Å². The number of amides is 2. The van der Waals surface area contributed by atoms with Gasteiger partial charge in [0.1, 0.15) is 5.75 Å². The van der Waals surface area contributed by atoms with E-state index in [2.05, 4.69) is 0 Å². The zero-order chi connectivity index (χ0) is 14.7. The normalized spacial score (nSPS) is 18.8. The highest BCUT2D eigenvalue weighted by atomic mass is 32.2. The second-order valence-corrected chi connectivity index (χ2v) is 5.58. The Morgan fingerprint density at radius 3 is 2.80 bits per heavy atom. The summed E-state index contributed by atoms with van der Waals surface area (Å²) in [5.41, 5.74) is 0.846. The minimum atomic E-state index is -0.211. The molecule has 1 aromatic carbocycles. The van der Waals surface area contributed by atoms with Gasteiger partial charge in [-0.25, -0.2) is 0 Å². The maximum Gasteiger partial charge on any atom is 0.293 e. The van der Waals surface area contributed by atoms with Crippen LogP contribution in [0.5, 0.6) is 5.75 Å². The standard InChI is InChI=1S/C15H17NO3S/c1-4-10(2)16-14(17)13(20-15(16)18)9-11-6-5-7-12(8-11)19-3/h5-10H,4H2,1-3H3/b13-9+/t10-/m1/s1. The number of carbonyl (C=O) groups is 2. The lowest BCUT2D eigenvalue weighted by molar-refractivity contribution is -0.124. The number of methoxy groups -OCH3 is 1. The Hall–Kier alpha value is -1.75. The number of ether oxygens (including phenoxy) is 1. The molecular weight excluding hydrogens is 274 g/mol. The fourth-order valence-electron chi connectivity index (χ4n) is 1.93. The van der Waals surface area contributed by atoms with E-state index in [0.717, 1.165) is 29.5 Å². The summed E-state index contributed by atoms with van der Waals surface area (Å²) in [5.74, 6) is 0.511. The van der Waals surface area contributed by atoms with Gasteiger partial charge in [-0.1, -0.05) is 19.1 Å². The lowest BCUT2D eigenvalue weighted by Gasteiger charge is -2.19. The van der Waals surface area contributed by atoms with Crippen LogP contribution in [0.2, 0.25) is 0 Å². The summed E-state index contributed by atoms with van der Waals surface area (Å²) in [4.78, 5) is 26.0. The Balaban J connectivity index is 2.27. The van der Waals surface area contributed by atoms with Crippen molar-refractivity contribution in [2.45, 2.75) is 26.3 Å². The van der Waals surface area contributed by atoms with Crippen molar-refractivity contribution in [1.82, 2.24) is 4.90 Å². The molecule has 0 aromatic heterocycles. The second kappa shape index (κ2) is 6.13. The molecule has 1 aliphatic rings. The molecular formula is C15H17NO3S. The molecule has 1 aliphatic heterocycles. The van der Waals surface area contributed by atoms with E-state index in [1.807, 2.05) is 38.1 Å². The topological polar surface area (TPSA) is 46.6 Å². The zero-order valence-corrected chi connectivity index (χ0v) is 12.6. The Kier molecular flexibility index (Phi) is 4.49. The smallest absolute Gasteiger partial charge is 0.293 e. The van der Waals surface area contributed by atoms with E-state index in [4.69, 9.17) is 4.74 Å². The van der Waals surface area contributed by atoms with Gasteiger partial charge < -0.3 is 4.74 Å². The summed E-state index contributed by atoms with van der Waals surface area (Å²) in [7, 11) is 1.59. The Bertz CT molecular complexity index is 568. The van der Waals surface area contributed by atoms with Crippen LogP contribution in [0.3, 0.4) is 0 Å². The van der Waals surface area contributed by atoms with Crippen LogP contribution in [0.25, 0.3) is 6.08 Å². The number of hydrogen-bond donors (Lipinski definition) is 0. The van der Waals surface area contributed by atoms with Gasteiger partial charge in [0, 0.05) is 6.04 Å². The highest BCUT2D eigenvalue weighted by Gasteiger charge is 2.37. The van der Waals surface area contributed by atoms with Crippen molar-refractivity contribution in [3.05, 3.63) is 34.7 Å². The molecule has 0 radical (unpaired) electrons. The third kappa shape index (κ3) is 2.88. The van der Waals surface area contributed by atoms with Gasteiger partial charge in [0.15, 0.2) is 0 Å². The van der Waals surface area contributed by atoms with E-state index in [1.54, 1.807) is 13.2 Å². The van der Waals surface area contributed by atoms with Gasteiger partial charge in [-0.3, -0.25) is 14.5 Å². The van der Waals surface area contributed by atoms with Gasteiger partial charge >= 0.3 is 0 Å². The maximum atomic E-state index is 12.3. The third-order valence-corrected chi connectivity index (χ3v) is 4.13. The average molecular weight is 291 g/mol. The Morgan fingerprint density at radius 1 is 1.40 bits per heavy atom. The van der Waals surface area contributed by atoms with Crippen LogP contribution in [0.4, 0.5) is 4.79 Å². The van der Waals surface area contributed by atoms with E-state index in [-0.39, 0.29) is 17.2 Å². The molecule has 1 aromatic rings.